The zero-order chi connectivity index (χ0) is 15.2. The lowest BCUT2D eigenvalue weighted by atomic mass is 10.1. The van der Waals surface area contributed by atoms with Crippen molar-refractivity contribution >= 4 is 17.9 Å². The first kappa shape index (κ1) is 14.6. The molecule has 0 bridgehead atoms. The number of hydrogen-bond donors (Lipinski definition) is 1. The molecule has 0 unspecified atom stereocenters. The Morgan fingerprint density at radius 1 is 1.10 bits per heavy atom. The van der Waals surface area contributed by atoms with Gasteiger partial charge in [-0.3, -0.25) is 9.59 Å². The topological polar surface area (TPSA) is 64.6 Å². The average molecular weight is 285 g/mol. The molecule has 0 atom stereocenters. The molecule has 0 heterocycles. The van der Waals surface area contributed by atoms with Gasteiger partial charge in [0.2, 0.25) is 0 Å². The second-order valence-corrected chi connectivity index (χ2v) is 4.26. The molecule has 2 rings (SSSR count). The number of anilines is 1. The summed E-state index contributed by atoms with van der Waals surface area (Å²) in [5, 5.41) is 2.73. The Balaban J connectivity index is 2.28. The molecule has 1 N–H and O–H groups in total. The van der Waals surface area contributed by atoms with Gasteiger partial charge in [0, 0.05) is 11.3 Å². The Kier molecular flexibility index (Phi) is 4.56. The molecule has 1 amide bonds. The van der Waals surface area contributed by atoms with Crippen LogP contribution in [-0.4, -0.2) is 26.4 Å². The first-order chi connectivity index (χ1) is 10.2. The second-order valence-electron chi connectivity index (χ2n) is 4.26. The summed E-state index contributed by atoms with van der Waals surface area (Å²) in [5.41, 5.74) is 1.38. The number of carbonyl (C=O) groups is 2. The number of amides is 1. The number of aldehydes is 1. The van der Waals surface area contributed by atoms with Crippen molar-refractivity contribution in [2.45, 2.75) is 0 Å². The summed E-state index contributed by atoms with van der Waals surface area (Å²) in [6, 6.07) is 11.6. The maximum Gasteiger partial charge on any atom is 0.259 e. The van der Waals surface area contributed by atoms with Crippen LogP contribution in [0.4, 0.5) is 5.69 Å². The largest absolute Gasteiger partial charge is 0.497 e. The van der Waals surface area contributed by atoms with E-state index in [0.717, 1.165) is 6.29 Å². The van der Waals surface area contributed by atoms with Crippen LogP contribution in [0.2, 0.25) is 0 Å². The highest BCUT2D eigenvalue weighted by Crippen LogP contribution is 2.25. The van der Waals surface area contributed by atoms with Crippen molar-refractivity contribution in [2.75, 3.05) is 19.5 Å². The van der Waals surface area contributed by atoms with Crippen LogP contribution in [-0.2, 0) is 0 Å². The van der Waals surface area contributed by atoms with E-state index < -0.39 is 0 Å². The highest BCUT2D eigenvalue weighted by Gasteiger charge is 2.14. The molecule has 0 saturated carbocycles. The normalized spacial score (nSPS) is 9.81. The van der Waals surface area contributed by atoms with E-state index in [4.69, 9.17) is 9.47 Å². The molecule has 0 aliphatic rings. The van der Waals surface area contributed by atoms with Crippen LogP contribution in [0.25, 0.3) is 0 Å². The number of hydrogen-bond acceptors (Lipinski definition) is 4. The number of carbonyl (C=O) groups excluding carboxylic acids is 2. The fourth-order valence-corrected chi connectivity index (χ4v) is 1.88. The number of benzene rings is 2. The summed E-state index contributed by atoms with van der Waals surface area (Å²) in [7, 11) is 3.02. The van der Waals surface area contributed by atoms with E-state index in [1.807, 2.05) is 0 Å². The van der Waals surface area contributed by atoms with E-state index >= 15 is 0 Å². The zero-order valence-corrected chi connectivity index (χ0v) is 11.8. The third-order valence-electron chi connectivity index (χ3n) is 2.93. The van der Waals surface area contributed by atoms with Crippen LogP contribution < -0.4 is 14.8 Å². The summed E-state index contributed by atoms with van der Waals surface area (Å²) in [5.74, 6) is 0.663. The van der Waals surface area contributed by atoms with Gasteiger partial charge in [-0.15, -0.1) is 0 Å². The van der Waals surface area contributed by atoms with Crippen molar-refractivity contribution in [3.8, 4) is 11.5 Å². The highest BCUT2D eigenvalue weighted by atomic mass is 16.5. The van der Waals surface area contributed by atoms with Gasteiger partial charge in [-0.25, -0.2) is 0 Å². The molecule has 0 fully saturated rings. The van der Waals surface area contributed by atoms with Gasteiger partial charge in [-0.2, -0.15) is 0 Å². The summed E-state index contributed by atoms with van der Waals surface area (Å²) in [6.07, 6.45) is 0.724. The smallest absolute Gasteiger partial charge is 0.259 e. The molecule has 2 aromatic rings. The Bertz CT molecular complexity index is 667. The monoisotopic (exact) mass is 285 g/mol. The molecule has 5 heteroatoms. The van der Waals surface area contributed by atoms with E-state index in [1.165, 1.54) is 14.2 Å². The van der Waals surface area contributed by atoms with Gasteiger partial charge in [0.25, 0.3) is 5.91 Å². The van der Waals surface area contributed by atoms with Crippen molar-refractivity contribution in [1.82, 2.24) is 0 Å². The summed E-state index contributed by atoms with van der Waals surface area (Å²) in [6.45, 7) is 0. The molecular formula is C16H15NO4. The fraction of sp³-hybridized carbons (Fsp3) is 0.125. The molecule has 21 heavy (non-hydrogen) atoms. The summed E-state index contributed by atoms with van der Waals surface area (Å²) in [4.78, 5) is 23.1. The SMILES string of the molecule is COc1ccc(OC)c(C(=O)Nc2cccc(C=O)c2)c1. The lowest BCUT2D eigenvalue weighted by Gasteiger charge is -2.11. The van der Waals surface area contributed by atoms with Gasteiger partial charge >= 0.3 is 0 Å². The summed E-state index contributed by atoms with van der Waals surface area (Å²) >= 11 is 0. The molecule has 5 nitrogen and oxygen atoms in total. The van der Waals surface area contributed by atoms with Crippen LogP contribution in [0.1, 0.15) is 20.7 Å². The minimum Gasteiger partial charge on any atom is -0.497 e. The van der Waals surface area contributed by atoms with Crippen LogP contribution in [0.3, 0.4) is 0 Å². The Morgan fingerprint density at radius 2 is 1.90 bits per heavy atom. The maximum atomic E-state index is 12.3. The quantitative estimate of drug-likeness (QED) is 0.858. The van der Waals surface area contributed by atoms with Gasteiger partial charge < -0.3 is 14.8 Å². The van der Waals surface area contributed by atoms with E-state index in [9.17, 15) is 9.59 Å². The first-order valence-corrected chi connectivity index (χ1v) is 6.26. The number of nitrogens with one attached hydrogen (secondary N) is 1. The maximum absolute atomic E-state index is 12.3. The van der Waals surface area contributed by atoms with Gasteiger partial charge in [0.15, 0.2) is 0 Å². The fourth-order valence-electron chi connectivity index (χ4n) is 1.88. The number of methoxy groups -OCH3 is 2. The number of rotatable bonds is 5. The van der Waals surface area contributed by atoms with Crippen molar-refractivity contribution in [1.29, 1.82) is 0 Å². The van der Waals surface area contributed by atoms with E-state index in [0.29, 0.717) is 28.3 Å². The van der Waals surface area contributed by atoms with Gasteiger partial charge in [0.05, 0.1) is 19.8 Å². The lowest BCUT2D eigenvalue weighted by Crippen LogP contribution is -2.13. The Hall–Kier alpha value is -2.82. The van der Waals surface area contributed by atoms with Crippen LogP contribution in [0.5, 0.6) is 11.5 Å². The minimum atomic E-state index is -0.339. The van der Waals surface area contributed by atoms with Crippen molar-refractivity contribution in [2.24, 2.45) is 0 Å². The van der Waals surface area contributed by atoms with Crippen LogP contribution >= 0.6 is 0 Å². The Labute approximate surface area is 122 Å². The molecule has 0 saturated heterocycles. The third-order valence-corrected chi connectivity index (χ3v) is 2.93. The first-order valence-electron chi connectivity index (χ1n) is 6.26. The molecule has 0 aliphatic heterocycles. The van der Waals surface area contributed by atoms with Crippen molar-refractivity contribution in [3.05, 3.63) is 53.6 Å². The molecule has 0 radical (unpaired) electrons. The molecule has 0 spiro atoms. The number of ether oxygens (including phenoxy) is 2. The predicted molar refractivity (Wildman–Crippen MR) is 79.3 cm³/mol. The molecule has 2 aromatic carbocycles. The van der Waals surface area contributed by atoms with Gasteiger partial charge in [0.1, 0.15) is 17.8 Å². The average Bonchev–Trinajstić information content (AvgIpc) is 2.54. The molecule has 108 valence electrons. The second kappa shape index (κ2) is 6.56. The summed E-state index contributed by atoms with van der Waals surface area (Å²) < 4.78 is 10.3. The molecule has 0 aromatic heterocycles. The van der Waals surface area contributed by atoms with Crippen molar-refractivity contribution in [3.63, 3.8) is 0 Å². The van der Waals surface area contributed by atoms with Gasteiger partial charge in [-0.05, 0) is 30.3 Å². The Morgan fingerprint density at radius 3 is 2.57 bits per heavy atom. The van der Waals surface area contributed by atoms with Gasteiger partial charge in [-0.1, -0.05) is 12.1 Å². The highest BCUT2D eigenvalue weighted by molar-refractivity contribution is 6.06. The van der Waals surface area contributed by atoms with E-state index in [2.05, 4.69) is 5.32 Å². The van der Waals surface area contributed by atoms with E-state index in [1.54, 1.807) is 42.5 Å². The van der Waals surface area contributed by atoms with Crippen molar-refractivity contribution < 1.29 is 19.1 Å². The molecular weight excluding hydrogens is 270 g/mol. The van der Waals surface area contributed by atoms with Crippen LogP contribution in [0, 0.1) is 0 Å². The zero-order valence-electron chi connectivity index (χ0n) is 11.8. The molecule has 0 aliphatic carbocycles. The standard InChI is InChI=1S/C16H15NO4/c1-20-13-6-7-15(21-2)14(9-13)16(19)17-12-5-3-4-11(8-12)10-18/h3-10H,1-2H3,(H,17,19). The third kappa shape index (κ3) is 3.39. The van der Waals surface area contributed by atoms with E-state index in [-0.39, 0.29) is 5.91 Å². The predicted octanol–water partition coefficient (Wildman–Crippen LogP) is 2.77. The minimum absolute atomic E-state index is 0.339. The van der Waals surface area contributed by atoms with Crippen LogP contribution in [0.15, 0.2) is 42.5 Å². The lowest BCUT2D eigenvalue weighted by molar-refractivity contribution is 0.102.